The van der Waals surface area contributed by atoms with Crippen molar-refractivity contribution in [2.24, 2.45) is 0 Å². The fraction of sp³-hybridized carbons (Fsp3) is 0. The number of fused-ring (bicyclic) bond motifs is 11. The third kappa shape index (κ3) is 3.58. The highest BCUT2D eigenvalue weighted by Gasteiger charge is 2.22. The molecule has 7 aromatic carbocycles. The van der Waals surface area contributed by atoms with Gasteiger partial charge in [-0.15, -0.1) is 0 Å². The van der Waals surface area contributed by atoms with Crippen molar-refractivity contribution in [2.45, 2.75) is 0 Å². The zero-order valence-electron chi connectivity index (χ0n) is 24.2. The molecule has 10 rings (SSSR count). The van der Waals surface area contributed by atoms with Crippen molar-refractivity contribution in [2.75, 3.05) is 0 Å². The molecule has 9 aromatic rings. The topological polar surface area (TPSA) is 27.3 Å². The molecular formula is C42H25NO2. The van der Waals surface area contributed by atoms with Gasteiger partial charge in [-0.3, -0.25) is 0 Å². The summed E-state index contributed by atoms with van der Waals surface area (Å²) in [5.41, 5.74) is 12.0. The van der Waals surface area contributed by atoms with Gasteiger partial charge < -0.3 is 13.7 Å². The Morgan fingerprint density at radius 1 is 0.378 bits per heavy atom. The van der Waals surface area contributed by atoms with Gasteiger partial charge >= 0.3 is 0 Å². The second kappa shape index (κ2) is 9.22. The molecule has 0 N–H and O–H groups in total. The summed E-state index contributed by atoms with van der Waals surface area (Å²) in [5.74, 6) is 1.72. The third-order valence-electron chi connectivity index (χ3n) is 9.21. The Morgan fingerprint density at radius 3 is 1.98 bits per heavy atom. The number of hydrogen-bond donors (Lipinski definition) is 0. The average molecular weight is 576 g/mol. The van der Waals surface area contributed by atoms with E-state index in [0.29, 0.717) is 0 Å². The first-order valence-electron chi connectivity index (χ1n) is 15.3. The van der Waals surface area contributed by atoms with Crippen LogP contribution in [-0.2, 0) is 0 Å². The minimum atomic E-state index is 0.853. The number of rotatable bonds is 2. The van der Waals surface area contributed by atoms with Crippen LogP contribution in [0.1, 0.15) is 0 Å². The second-order valence-electron chi connectivity index (χ2n) is 11.7. The summed E-state index contributed by atoms with van der Waals surface area (Å²) in [6, 6.07) is 53.6. The largest absolute Gasteiger partial charge is 0.456 e. The van der Waals surface area contributed by atoms with Gasteiger partial charge in [0.05, 0.1) is 11.0 Å². The van der Waals surface area contributed by atoms with Crippen molar-refractivity contribution >= 4 is 43.7 Å². The van der Waals surface area contributed by atoms with Gasteiger partial charge in [-0.2, -0.15) is 0 Å². The molecule has 0 radical (unpaired) electrons. The average Bonchev–Trinajstić information content (AvgIpc) is 3.57. The Hall–Kier alpha value is -6.06. The van der Waals surface area contributed by atoms with Crippen LogP contribution in [0.4, 0.5) is 0 Å². The number of nitrogens with zero attached hydrogens (tertiary/aromatic N) is 1. The monoisotopic (exact) mass is 575 g/mol. The summed E-state index contributed by atoms with van der Waals surface area (Å²) in [6.45, 7) is 0. The van der Waals surface area contributed by atoms with E-state index < -0.39 is 0 Å². The summed E-state index contributed by atoms with van der Waals surface area (Å²) in [4.78, 5) is 0. The number of ether oxygens (including phenoxy) is 1. The SMILES string of the molecule is c1ccc(-c2ccc3oc4cc5c(cc4c3c2)c2ccccc2n5-c2ccc3c(c2)-c2ccccc2-c2ccccc2O3)cc1. The maximum Gasteiger partial charge on any atom is 0.137 e. The van der Waals surface area contributed by atoms with Crippen LogP contribution < -0.4 is 4.74 Å². The molecule has 3 nitrogen and oxygen atoms in total. The first-order valence-corrected chi connectivity index (χ1v) is 15.3. The Labute approximate surface area is 259 Å². The zero-order valence-corrected chi connectivity index (χ0v) is 24.2. The molecule has 0 spiro atoms. The summed E-state index contributed by atoms with van der Waals surface area (Å²) >= 11 is 0. The Bertz CT molecular complexity index is 2620. The molecule has 0 unspecified atom stereocenters. The standard InChI is InChI=1S/C42H25NO2/c1-2-10-26(11-3-1)27-18-20-40-34(22-27)36-24-33-31-14-6-8-16-37(31)43(38(33)25-42(36)45-40)28-19-21-41-35(23-28)30-13-5-4-12-29(30)32-15-7-9-17-39(32)44-41/h1-25H. The van der Waals surface area contributed by atoms with E-state index in [-0.39, 0.29) is 0 Å². The maximum absolute atomic E-state index is 6.54. The summed E-state index contributed by atoms with van der Waals surface area (Å²) in [6.07, 6.45) is 0. The molecule has 0 saturated carbocycles. The highest BCUT2D eigenvalue weighted by molar-refractivity contribution is 6.17. The molecule has 0 saturated heterocycles. The Morgan fingerprint density at radius 2 is 1.09 bits per heavy atom. The minimum absolute atomic E-state index is 0.853. The second-order valence-corrected chi connectivity index (χ2v) is 11.7. The molecule has 0 bridgehead atoms. The fourth-order valence-electron chi connectivity index (χ4n) is 7.13. The van der Waals surface area contributed by atoms with E-state index in [4.69, 9.17) is 9.15 Å². The Kier molecular flexibility index (Phi) is 5.00. The normalized spacial score (nSPS) is 12.2. The lowest BCUT2D eigenvalue weighted by molar-refractivity contribution is 0.487. The molecule has 3 heteroatoms. The van der Waals surface area contributed by atoms with Crippen molar-refractivity contribution in [1.82, 2.24) is 4.57 Å². The zero-order chi connectivity index (χ0) is 29.5. The van der Waals surface area contributed by atoms with Crippen LogP contribution in [0.5, 0.6) is 11.5 Å². The molecule has 3 heterocycles. The van der Waals surface area contributed by atoms with E-state index in [1.807, 2.05) is 12.1 Å². The van der Waals surface area contributed by atoms with Crippen molar-refractivity contribution < 1.29 is 9.15 Å². The lowest BCUT2D eigenvalue weighted by atomic mass is 9.94. The molecule has 0 aliphatic carbocycles. The molecule has 45 heavy (non-hydrogen) atoms. The van der Waals surface area contributed by atoms with E-state index >= 15 is 0 Å². The molecule has 2 aromatic heterocycles. The van der Waals surface area contributed by atoms with Crippen LogP contribution in [0.15, 0.2) is 156 Å². The molecule has 210 valence electrons. The quantitative estimate of drug-likeness (QED) is 0.205. The number of benzene rings is 7. The first-order chi connectivity index (χ1) is 22.3. The van der Waals surface area contributed by atoms with Crippen LogP contribution in [0.2, 0.25) is 0 Å². The van der Waals surface area contributed by atoms with Crippen LogP contribution >= 0.6 is 0 Å². The van der Waals surface area contributed by atoms with Crippen LogP contribution in [0.3, 0.4) is 0 Å². The fourth-order valence-corrected chi connectivity index (χ4v) is 7.13. The smallest absolute Gasteiger partial charge is 0.137 e. The highest BCUT2D eigenvalue weighted by Crippen LogP contribution is 2.48. The number of hydrogen-bond acceptors (Lipinski definition) is 2. The molecule has 0 amide bonds. The Balaban J connectivity index is 1.22. The minimum Gasteiger partial charge on any atom is -0.456 e. The van der Waals surface area contributed by atoms with Gasteiger partial charge in [-0.1, -0.05) is 97.1 Å². The third-order valence-corrected chi connectivity index (χ3v) is 9.21. The molecular weight excluding hydrogens is 550 g/mol. The lowest BCUT2D eigenvalue weighted by Crippen LogP contribution is -1.95. The molecule has 0 fully saturated rings. The van der Waals surface area contributed by atoms with Crippen molar-refractivity contribution in [3.05, 3.63) is 152 Å². The first kappa shape index (κ1) is 24.4. The number of aromatic nitrogens is 1. The van der Waals surface area contributed by atoms with Crippen molar-refractivity contribution in [3.8, 4) is 50.6 Å². The summed E-state index contributed by atoms with van der Waals surface area (Å²) < 4.78 is 15.4. The predicted octanol–water partition coefficient (Wildman–Crippen LogP) is 11.8. The van der Waals surface area contributed by atoms with E-state index in [1.54, 1.807) is 0 Å². The van der Waals surface area contributed by atoms with Gasteiger partial charge in [-0.05, 0) is 70.8 Å². The van der Waals surface area contributed by atoms with Gasteiger partial charge in [0.2, 0.25) is 0 Å². The van der Waals surface area contributed by atoms with E-state index in [1.165, 1.54) is 27.5 Å². The summed E-state index contributed by atoms with van der Waals surface area (Å²) in [7, 11) is 0. The van der Waals surface area contributed by atoms with Gasteiger partial charge in [0.15, 0.2) is 0 Å². The number of para-hydroxylation sites is 2. The van der Waals surface area contributed by atoms with Gasteiger partial charge in [-0.25, -0.2) is 0 Å². The summed E-state index contributed by atoms with van der Waals surface area (Å²) in [5, 5.41) is 4.66. The van der Waals surface area contributed by atoms with Gasteiger partial charge in [0, 0.05) is 44.4 Å². The molecule has 0 atom stereocenters. The van der Waals surface area contributed by atoms with E-state index in [2.05, 4.69) is 144 Å². The lowest BCUT2D eigenvalue weighted by Gasteiger charge is -2.14. The number of furan rings is 1. The van der Waals surface area contributed by atoms with Gasteiger partial charge in [0.1, 0.15) is 22.7 Å². The predicted molar refractivity (Wildman–Crippen MR) is 184 cm³/mol. The van der Waals surface area contributed by atoms with Crippen LogP contribution in [0, 0.1) is 0 Å². The van der Waals surface area contributed by atoms with Crippen LogP contribution in [-0.4, -0.2) is 4.57 Å². The van der Waals surface area contributed by atoms with Crippen molar-refractivity contribution in [1.29, 1.82) is 0 Å². The van der Waals surface area contributed by atoms with E-state index in [9.17, 15) is 0 Å². The highest BCUT2D eigenvalue weighted by atomic mass is 16.5. The molecule has 1 aliphatic rings. The molecule has 1 aliphatic heterocycles. The van der Waals surface area contributed by atoms with Gasteiger partial charge in [0.25, 0.3) is 0 Å². The van der Waals surface area contributed by atoms with E-state index in [0.717, 1.165) is 66.8 Å². The van der Waals surface area contributed by atoms with Crippen molar-refractivity contribution in [3.63, 3.8) is 0 Å². The maximum atomic E-state index is 6.54. The van der Waals surface area contributed by atoms with Crippen LogP contribution in [0.25, 0.3) is 82.8 Å².